The first kappa shape index (κ1) is 14.5. The minimum absolute atomic E-state index is 0.270. The summed E-state index contributed by atoms with van der Waals surface area (Å²) in [6.07, 6.45) is 6.75. The van der Waals surface area contributed by atoms with E-state index in [1.807, 2.05) is 4.90 Å². The molecule has 1 fully saturated rings. The van der Waals surface area contributed by atoms with E-state index in [0.717, 1.165) is 45.3 Å². The van der Waals surface area contributed by atoms with Crippen LogP contribution in [0.4, 0.5) is 0 Å². The van der Waals surface area contributed by atoms with Gasteiger partial charge in [-0.05, 0) is 45.1 Å². The smallest absolute Gasteiger partial charge is 0.225 e. The number of nitrogens with two attached hydrogens (primary N) is 1. The van der Waals surface area contributed by atoms with Gasteiger partial charge in [-0.1, -0.05) is 19.8 Å². The number of hydrogen-bond acceptors (Lipinski definition) is 2. The SMILES string of the molecule is CCCN(CC)C(=O)C1CCCC(CCN)C1. The molecule has 1 rings (SSSR count). The Morgan fingerprint density at radius 2 is 2.12 bits per heavy atom. The number of hydrogen-bond donors (Lipinski definition) is 1. The van der Waals surface area contributed by atoms with Crippen LogP contribution in [0.25, 0.3) is 0 Å². The van der Waals surface area contributed by atoms with E-state index in [1.54, 1.807) is 0 Å². The summed E-state index contributed by atoms with van der Waals surface area (Å²) in [5.41, 5.74) is 5.62. The first-order valence-corrected chi connectivity index (χ1v) is 7.21. The van der Waals surface area contributed by atoms with Crippen LogP contribution in [0, 0.1) is 11.8 Å². The highest BCUT2D eigenvalue weighted by molar-refractivity contribution is 5.78. The van der Waals surface area contributed by atoms with Gasteiger partial charge in [0.05, 0.1) is 0 Å². The Bertz CT molecular complexity index is 228. The summed E-state index contributed by atoms with van der Waals surface area (Å²) in [6.45, 7) is 6.73. The molecule has 2 atom stereocenters. The quantitative estimate of drug-likeness (QED) is 0.775. The van der Waals surface area contributed by atoms with Crippen LogP contribution in [0.1, 0.15) is 52.4 Å². The molecule has 2 N–H and O–H groups in total. The molecule has 0 spiro atoms. The summed E-state index contributed by atoms with van der Waals surface area (Å²) < 4.78 is 0. The number of rotatable bonds is 6. The monoisotopic (exact) mass is 240 g/mol. The molecule has 1 aliphatic carbocycles. The molecule has 0 aromatic rings. The highest BCUT2D eigenvalue weighted by Crippen LogP contribution is 2.32. The fraction of sp³-hybridized carbons (Fsp3) is 0.929. The molecule has 1 amide bonds. The number of amides is 1. The molecule has 0 aliphatic heterocycles. The van der Waals surface area contributed by atoms with Crippen LogP contribution in [0.3, 0.4) is 0 Å². The standard InChI is InChI=1S/C14H28N2O/c1-3-10-16(4-2)14(17)13-7-5-6-12(11-13)8-9-15/h12-13H,3-11,15H2,1-2H3. The molecule has 1 aliphatic rings. The van der Waals surface area contributed by atoms with Gasteiger partial charge in [-0.25, -0.2) is 0 Å². The summed E-state index contributed by atoms with van der Waals surface area (Å²) in [7, 11) is 0. The molecule has 1 saturated carbocycles. The van der Waals surface area contributed by atoms with Crippen LogP contribution in [0.15, 0.2) is 0 Å². The van der Waals surface area contributed by atoms with E-state index in [4.69, 9.17) is 5.73 Å². The van der Waals surface area contributed by atoms with Gasteiger partial charge in [0, 0.05) is 19.0 Å². The lowest BCUT2D eigenvalue weighted by molar-refractivity contribution is -0.137. The van der Waals surface area contributed by atoms with Gasteiger partial charge in [0.15, 0.2) is 0 Å². The molecule has 0 bridgehead atoms. The normalized spacial score (nSPS) is 24.6. The zero-order chi connectivity index (χ0) is 12.7. The minimum Gasteiger partial charge on any atom is -0.343 e. The van der Waals surface area contributed by atoms with Crippen LogP contribution in [-0.2, 0) is 4.79 Å². The van der Waals surface area contributed by atoms with Crippen molar-refractivity contribution in [2.45, 2.75) is 52.4 Å². The average Bonchev–Trinajstić information content (AvgIpc) is 2.36. The predicted molar refractivity (Wildman–Crippen MR) is 71.7 cm³/mol. The maximum atomic E-state index is 12.4. The van der Waals surface area contributed by atoms with Crippen molar-refractivity contribution >= 4 is 5.91 Å². The van der Waals surface area contributed by atoms with Crippen molar-refractivity contribution in [3.63, 3.8) is 0 Å². The average molecular weight is 240 g/mol. The van der Waals surface area contributed by atoms with Crippen molar-refractivity contribution in [1.29, 1.82) is 0 Å². The molecule has 0 aromatic carbocycles. The summed E-state index contributed by atoms with van der Waals surface area (Å²) in [6, 6.07) is 0. The van der Waals surface area contributed by atoms with Gasteiger partial charge in [-0.15, -0.1) is 0 Å². The zero-order valence-corrected chi connectivity index (χ0v) is 11.5. The number of carbonyl (C=O) groups excluding carboxylic acids is 1. The van der Waals surface area contributed by atoms with Crippen LogP contribution < -0.4 is 5.73 Å². The number of nitrogens with zero attached hydrogens (tertiary/aromatic N) is 1. The Hall–Kier alpha value is -0.570. The molecule has 0 saturated heterocycles. The largest absolute Gasteiger partial charge is 0.343 e. The van der Waals surface area contributed by atoms with E-state index >= 15 is 0 Å². The Kier molecular flexibility index (Phi) is 6.56. The summed E-state index contributed by atoms with van der Waals surface area (Å²) >= 11 is 0. The molecule has 3 heteroatoms. The number of carbonyl (C=O) groups is 1. The van der Waals surface area contributed by atoms with Crippen molar-refractivity contribution < 1.29 is 4.79 Å². The van der Waals surface area contributed by atoms with Crippen molar-refractivity contribution in [2.24, 2.45) is 17.6 Å². The van der Waals surface area contributed by atoms with Gasteiger partial charge in [0.2, 0.25) is 5.91 Å². The fourth-order valence-corrected chi connectivity index (χ4v) is 2.97. The highest BCUT2D eigenvalue weighted by Gasteiger charge is 2.29. The lowest BCUT2D eigenvalue weighted by atomic mass is 9.79. The van der Waals surface area contributed by atoms with Crippen LogP contribution >= 0.6 is 0 Å². The van der Waals surface area contributed by atoms with Gasteiger partial charge in [0.1, 0.15) is 0 Å². The second-order valence-electron chi connectivity index (χ2n) is 5.22. The summed E-state index contributed by atoms with van der Waals surface area (Å²) in [5.74, 6) is 1.34. The summed E-state index contributed by atoms with van der Waals surface area (Å²) in [4.78, 5) is 14.4. The molecule has 0 radical (unpaired) electrons. The fourth-order valence-electron chi connectivity index (χ4n) is 2.97. The molecule has 17 heavy (non-hydrogen) atoms. The third kappa shape index (κ3) is 4.30. The van der Waals surface area contributed by atoms with Crippen LogP contribution in [-0.4, -0.2) is 30.4 Å². The molecule has 3 nitrogen and oxygen atoms in total. The van der Waals surface area contributed by atoms with E-state index in [2.05, 4.69) is 13.8 Å². The van der Waals surface area contributed by atoms with Crippen molar-refractivity contribution in [2.75, 3.05) is 19.6 Å². The Morgan fingerprint density at radius 1 is 1.35 bits per heavy atom. The van der Waals surface area contributed by atoms with Gasteiger partial charge < -0.3 is 10.6 Å². The van der Waals surface area contributed by atoms with Crippen molar-refractivity contribution in [3.05, 3.63) is 0 Å². The minimum atomic E-state index is 0.270. The van der Waals surface area contributed by atoms with E-state index in [1.165, 1.54) is 12.8 Å². The lowest BCUT2D eigenvalue weighted by Crippen LogP contribution is -2.38. The van der Waals surface area contributed by atoms with Gasteiger partial charge in [0.25, 0.3) is 0 Å². The Balaban J connectivity index is 2.49. The maximum Gasteiger partial charge on any atom is 0.225 e. The second kappa shape index (κ2) is 7.70. The van der Waals surface area contributed by atoms with Gasteiger partial charge >= 0.3 is 0 Å². The van der Waals surface area contributed by atoms with Crippen LogP contribution in [0.5, 0.6) is 0 Å². The van der Waals surface area contributed by atoms with E-state index < -0.39 is 0 Å². The topological polar surface area (TPSA) is 46.3 Å². The molecule has 100 valence electrons. The van der Waals surface area contributed by atoms with Gasteiger partial charge in [-0.2, -0.15) is 0 Å². The van der Waals surface area contributed by atoms with E-state index in [-0.39, 0.29) is 5.92 Å². The Morgan fingerprint density at radius 3 is 2.71 bits per heavy atom. The lowest BCUT2D eigenvalue weighted by Gasteiger charge is -2.32. The van der Waals surface area contributed by atoms with Crippen molar-refractivity contribution in [1.82, 2.24) is 4.90 Å². The first-order chi connectivity index (χ1) is 8.22. The molecule has 2 unspecified atom stereocenters. The molecular formula is C14H28N2O. The highest BCUT2D eigenvalue weighted by atomic mass is 16.2. The van der Waals surface area contributed by atoms with Crippen LogP contribution in [0.2, 0.25) is 0 Å². The second-order valence-corrected chi connectivity index (χ2v) is 5.22. The molecule has 0 aromatic heterocycles. The van der Waals surface area contributed by atoms with Crippen molar-refractivity contribution in [3.8, 4) is 0 Å². The summed E-state index contributed by atoms with van der Waals surface area (Å²) in [5, 5.41) is 0. The molecular weight excluding hydrogens is 212 g/mol. The third-order valence-corrected chi connectivity index (χ3v) is 3.89. The third-order valence-electron chi connectivity index (χ3n) is 3.89. The first-order valence-electron chi connectivity index (χ1n) is 7.21. The Labute approximate surface area is 106 Å². The zero-order valence-electron chi connectivity index (χ0n) is 11.5. The van der Waals surface area contributed by atoms with E-state index in [9.17, 15) is 4.79 Å². The van der Waals surface area contributed by atoms with Gasteiger partial charge in [-0.3, -0.25) is 4.79 Å². The van der Waals surface area contributed by atoms with E-state index in [0.29, 0.717) is 11.8 Å². The predicted octanol–water partition coefficient (Wildman–Crippen LogP) is 2.40. The maximum absolute atomic E-state index is 12.4. The molecule has 0 heterocycles.